The van der Waals surface area contributed by atoms with Crippen molar-refractivity contribution in [1.82, 2.24) is 9.97 Å². The van der Waals surface area contributed by atoms with Crippen LogP contribution in [0, 0.1) is 0 Å². The Balaban J connectivity index is 1.78. The number of ether oxygens (including phenoxy) is 1. The number of hydrogen-bond acceptors (Lipinski definition) is 7. The van der Waals surface area contributed by atoms with Crippen molar-refractivity contribution in [2.75, 3.05) is 12.4 Å². The van der Waals surface area contributed by atoms with Gasteiger partial charge in [0, 0.05) is 5.39 Å². The van der Waals surface area contributed by atoms with Crippen molar-refractivity contribution < 1.29 is 18.7 Å². The van der Waals surface area contributed by atoms with Gasteiger partial charge in [0.2, 0.25) is 0 Å². The predicted octanol–water partition coefficient (Wildman–Crippen LogP) is 2.99. The van der Waals surface area contributed by atoms with Gasteiger partial charge >= 0.3 is 5.97 Å². The van der Waals surface area contributed by atoms with E-state index in [1.807, 2.05) is 24.3 Å². The summed E-state index contributed by atoms with van der Waals surface area (Å²) in [7, 11) is 0. The number of aromatic nitrogens is 2. The Morgan fingerprint density at radius 1 is 1.26 bits per heavy atom. The number of furan rings is 1. The lowest BCUT2D eigenvalue weighted by atomic mass is 10.2. The standard InChI is InChI=1S/C16H14N2O4S/c1-2-21-13(20)7-10(19)8-23-16-15-14(17-9-18-16)11-5-3-4-6-12(11)22-15/h3-6,9H,2,7-8H2,1H3. The molecule has 0 unspecified atom stereocenters. The second-order valence-corrected chi connectivity index (χ2v) is 5.73. The molecule has 0 fully saturated rings. The summed E-state index contributed by atoms with van der Waals surface area (Å²) < 4.78 is 10.5. The van der Waals surface area contributed by atoms with Crippen molar-refractivity contribution in [2.24, 2.45) is 0 Å². The molecule has 1 aromatic carbocycles. The van der Waals surface area contributed by atoms with Crippen molar-refractivity contribution in [2.45, 2.75) is 18.4 Å². The first-order valence-electron chi connectivity index (χ1n) is 7.11. The van der Waals surface area contributed by atoms with Gasteiger partial charge in [-0.05, 0) is 19.1 Å². The molecule has 118 valence electrons. The van der Waals surface area contributed by atoms with Crippen LogP contribution >= 0.6 is 11.8 Å². The lowest BCUT2D eigenvalue weighted by Gasteiger charge is -2.02. The first kappa shape index (κ1) is 15.5. The Morgan fingerprint density at radius 3 is 2.91 bits per heavy atom. The van der Waals surface area contributed by atoms with E-state index in [1.165, 1.54) is 18.1 Å². The van der Waals surface area contributed by atoms with E-state index >= 15 is 0 Å². The Kier molecular flexibility index (Phi) is 4.57. The van der Waals surface area contributed by atoms with E-state index in [0.717, 1.165) is 16.5 Å². The average molecular weight is 330 g/mol. The maximum Gasteiger partial charge on any atom is 0.313 e. The third kappa shape index (κ3) is 3.34. The van der Waals surface area contributed by atoms with Gasteiger partial charge < -0.3 is 9.15 Å². The molecule has 0 saturated carbocycles. The molecule has 0 saturated heterocycles. The van der Waals surface area contributed by atoms with Crippen LogP contribution in [0.15, 0.2) is 40.0 Å². The lowest BCUT2D eigenvalue weighted by molar-refractivity contribution is -0.145. The van der Waals surface area contributed by atoms with Crippen molar-refractivity contribution in [1.29, 1.82) is 0 Å². The molecule has 2 aromatic heterocycles. The van der Waals surface area contributed by atoms with Crippen LogP contribution in [0.3, 0.4) is 0 Å². The first-order chi connectivity index (χ1) is 11.2. The fourth-order valence-corrected chi connectivity index (χ4v) is 2.97. The molecular weight excluding hydrogens is 316 g/mol. The molecule has 0 aliphatic carbocycles. The highest BCUT2D eigenvalue weighted by Crippen LogP contribution is 2.32. The van der Waals surface area contributed by atoms with Gasteiger partial charge in [0.05, 0.1) is 12.4 Å². The number of hydrogen-bond donors (Lipinski definition) is 0. The van der Waals surface area contributed by atoms with Gasteiger partial charge in [-0.15, -0.1) is 0 Å². The van der Waals surface area contributed by atoms with Crippen LogP contribution in [0.4, 0.5) is 0 Å². The Labute approximate surface area is 136 Å². The summed E-state index contributed by atoms with van der Waals surface area (Å²) >= 11 is 1.23. The van der Waals surface area contributed by atoms with E-state index in [4.69, 9.17) is 9.15 Å². The number of Topliss-reactive ketones (excluding diaryl/α,β-unsaturated/α-hetero) is 1. The summed E-state index contributed by atoms with van der Waals surface area (Å²) in [6.07, 6.45) is 1.22. The number of benzene rings is 1. The lowest BCUT2D eigenvalue weighted by Crippen LogP contribution is -2.12. The Morgan fingerprint density at radius 2 is 2.09 bits per heavy atom. The van der Waals surface area contributed by atoms with E-state index < -0.39 is 5.97 Å². The number of fused-ring (bicyclic) bond motifs is 3. The second-order valence-electron chi connectivity index (χ2n) is 4.76. The van der Waals surface area contributed by atoms with E-state index in [-0.39, 0.29) is 24.6 Å². The number of rotatable bonds is 6. The quantitative estimate of drug-likeness (QED) is 0.297. The van der Waals surface area contributed by atoms with Gasteiger partial charge in [-0.1, -0.05) is 23.9 Å². The normalized spacial score (nSPS) is 11.0. The fraction of sp³-hybridized carbons (Fsp3) is 0.250. The molecular formula is C16H14N2O4S. The van der Waals surface area contributed by atoms with Crippen LogP contribution in [0.25, 0.3) is 22.1 Å². The van der Waals surface area contributed by atoms with Gasteiger partial charge in [0.15, 0.2) is 11.4 Å². The molecule has 23 heavy (non-hydrogen) atoms. The average Bonchev–Trinajstić information content (AvgIpc) is 2.92. The highest BCUT2D eigenvalue weighted by atomic mass is 32.2. The third-order valence-electron chi connectivity index (χ3n) is 3.14. The highest BCUT2D eigenvalue weighted by molar-refractivity contribution is 8.00. The molecule has 0 aliphatic heterocycles. The maximum absolute atomic E-state index is 11.8. The minimum absolute atomic E-state index is 0.127. The number of carbonyl (C=O) groups is 2. The number of esters is 1. The van der Waals surface area contributed by atoms with Gasteiger partial charge in [-0.25, -0.2) is 9.97 Å². The molecule has 0 radical (unpaired) electrons. The van der Waals surface area contributed by atoms with Crippen molar-refractivity contribution >= 4 is 45.6 Å². The predicted molar refractivity (Wildman–Crippen MR) is 86.3 cm³/mol. The smallest absolute Gasteiger partial charge is 0.313 e. The molecule has 0 spiro atoms. The number of thioether (sulfide) groups is 1. The minimum Gasteiger partial charge on any atom is -0.466 e. The van der Waals surface area contributed by atoms with Gasteiger partial charge in [0.25, 0.3) is 0 Å². The van der Waals surface area contributed by atoms with Crippen molar-refractivity contribution in [3.8, 4) is 0 Å². The van der Waals surface area contributed by atoms with Crippen LogP contribution in [-0.4, -0.2) is 34.1 Å². The van der Waals surface area contributed by atoms with Crippen molar-refractivity contribution in [3.63, 3.8) is 0 Å². The maximum atomic E-state index is 11.8. The van der Waals surface area contributed by atoms with E-state index in [2.05, 4.69) is 9.97 Å². The minimum atomic E-state index is -0.505. The van der Waals surface area contributed by atoms with Gasteiger partial charge in [0.1, 0.15) is 28.9 Å². The zero-order valence-corrected chi connectivity index (χ0v) is 13.3. The molecule has 6 nitrogen and oxygen atoms in total. The number of ketones is 1. The molecule has 0 atom stereocenters. The number of nitrogens with zero attached hydrogens (tertiary/aromatic N) is 2. The van der Waals surface area contributed by atoms with E-state index in [1.54, 1.807) is 6.92 Å². The van der Waals surface area contributed by atoms with E-state index in [9.17, 15) is 9.59 Å². The molecule has 3 rings (SSSR count). The monoisotopic (exact) mass is 330 g/mol. The summed E-state index contributed by atoms with van der Waals surface area (Å²) in [6, 6.07) is 7.58. The van der Waals surface area contributed by atoms with Crippen LogP contribution in [0.1, 0.15) is 13.3 Å². The Hall–Kier alpha value is -2.41. The summed E-state index contributed by atoms with van der Waals surface area (Å²) in [4.78, 5) is 31.5. The van der Waals surface area contributed by atoms with Gasteiger partial charge in [-0.3, -0.25) is 9.59 Å². The summed E-state index contributed by atoms with van der Waals surface area (Å²) in [5.74, 6) is -0.590. The van der Waals surface area contributed by atoms with Crippen LogP contribution in [0.2, 0.25) is 0 Å². The van der Waals surface area contributed by atoms with Crippen LogP contribution in [-0.2, 0) is 14.3 Å². The van der Waals surface area contributed by atoms with Crippen LogP contribution in [0.5, 0.6) is 0 Å². The second kappa shape index (κ2) is 6.78. The molecule has 0 aliphatic rings. The highest BCUT2D eigenvalue weighted by Gasteiger charge is 2.16. The third-order valence-corrected chi connectivity index (χ3v) is 4.17. The molecule has 0 amide bonds. The molecule has 0 N–H and O–H groups in total. The molecule has 3 aromatic rings. The van der Waals surface area contributed by atoms with Crippen molar-refractivity contribution in [3.05, 3.63) is 30.6 Å². The summed E-state index contributed by atoms with van der Waals surface area (Å²) in [6.45, 7) is 1.97. The zero-order chi connectivity index (χ0) is 16.2. The first-order valence-corrected chi connectivity index (χ1v) is 8.10. The Bertz CT molecular complexity index is 875. The molecule has 7 heteroatoms. The number of para-hydroxylation sites is 1. The van der Waals surface area contributed by atoms with E-state index in [0.29, 0.717) is 10.6 Å². The SMILES string of the molecule is CCOC(=O)CC(=O)CSc1ncnc2c1oc1ccccc12. The van der Waals surface area contributed by atoms with Gasteiger partial charge in [-0.2, -0.15) is 0 Å². The topological polar surface area (TPSA) is 82.3 Å². The number of carbonyl (C=O) groups excluding carboxylic acids is 2. The largest absolute Gasteiger partial charge is 0.466 e. The fourth-order valence-electron chi connectivity index (χ4n) is 2.18. The van der Waals surface area contributed by atoms with Crippen LogP contribution < -0.4 is 0 Å². The molecule has 0 bridgehead atoms. The summed E-state index contributed by atoms with van der Waals surface area (Å²) in [5, 5.41) is 1.49. The zero-order valence-electron chi connectivity index (χ0n) is 12.4. The summed E-state index contributed by atoms with van der Waals surface area (Å²) in [5.41, 5.74) is 2.00. The molecule has 2 heterocycles.